The van der Waals surface area contributed by atoms with Crippen LogP contribution in [0.1, 0.15) is 30.5 Å². The minimum Gasteiger partial charge on any atom is -0.348 e. The van der Waals surface area contributed by atoms with Gasteiger partial charge >= 0.3 is 6.18 Å². The Labute approximate surface area is 147 Å². The first-order valence-corrected chi connectivity index (χ1v) is 7.91. The normalized spacial score (nSPS) is 12.7. The summed E-state index contributed by atoms with van der Waals surface area (Å²) in [6, 6.07) is 8.05. The molecule has 4 nitrogen and oxygen atoms in total. The number of rotatable bonds is 5. The molecule has 0 saturated heterocycles. The number of benzene rings is 1. The zero-order valence-electron chi connectivity index (χ0n) is 13.3. The SMILES string of the molecule is CCC(NC(=O)Cn1cc(C(F)(F)F)ccc1=O)c1ccc(Cl)cc1. The van der Waals surface area contributed by atoms with Crippen molar-refractivity contribution in [1.82, 2.24) is 9.88 Å². The predicted octanol–water partition coefficient (Wildman–Crippen LogP) is 3.79. The number of pyridine rings is 1. The van der Waals surface area contributed by atoms with Crippen molar-refractivity contribution in [1.29, 1.82) is 0 Å². The van der Waals surface area contributed by atoms with Crippen LogP contribution in [0.4, 0.5) is 13.2 Å². The largest absolute Gasteiger partial charge is 0.417 e. The summed E-state index contributed by atoms with van der Waals surface area (Å²) in [4.78, 5) is 23.9. The van der Waals surface area contributed by atoms with Gasteiger partial charge in [0.05, 0.1) is 11.6 Å². The van der Waals surface area contributed by atoms with Crippen LogP contribution in [0.15, 0.2) is 47.4 Å². The number of aromatic nitrogens is 1. The van der Waals surface area contributed by atoms with Gasteiger partial charge in [-0.25, -0.2) is 0 Å². The number of halogens is 4. The summed E-state index contributed by atoms with van der Waals surface area (Å²) >= 11 is 5.82. The molecule has 1 N–H and O–H groups in total. The predicted molar refractivity (Wildman–Crippen MR) is 88.3 cm³/mol. The standard InChI is InChI=1S/C17H16ClF3N2O2/c1-2-14(11-3-6-13(18)7-4-11)22-15(24)10-23-9-12(17(19,20)21)5-8-16(23)25/h3-9,14H,2,10H2,1H3,(H,22,24). The van der Waals surface area contributed by atoms with Gasteiger partial charge in [0.2, 0.25) is 5.91 Å². The Balaban J connectivity index is 2.13. The third-order valence-electron chi connectivity index (χ3n) is 3.64. The Hall–Kier alpha value is -2.28. The average Bonchev–Trinajstić information content (AvgIpc) is 2.54. The first-order valence-electron chi connectivity index (χ1n) is 7.53. The zero-order chi connectivity index (χ0) is 18.6. The van der Waals surface area contributed by atoms with Gasteiger partial charge in [0.25, 0.3) is 5.56 Å². The molecule has 2 aromatic rings. The maximum atomic E-state index is 12.7. The van der Waals surface area contributed by atoms with E-state index < -0.39 is 29.8 Å². The van der Waals surface area contributed by atoms with Crippen molar-refractivity contribution < 1.29 is 18.0 Å². The number of alkyl halides is 3. The molecule has 1 heterocycles. The summed E-state index contributed by atoms with van der Waals surface area (Å²) in [7, 11) is 0. The van der Waals surface area contributed by atoms with Crippen molar-refractivity contribution in [3.05, 3.63) is 69.1 Å². The fourth-order valence-corrected chi connectivity index (χ4v) is 2.46. The van der Waals surface area contributed by atoms with Crippen molar-refractivity contribution in [3.8, 4) is 0 Å². The molecule has 2 rings (SSSR count). The molecule has 1 amide bonds. The lowest BCUT2D eigenvalue weighted by atomic mass is 10.0. The first kappa shape index (κ1) is 19.1. The van der Waals surface area contributed by atoms with E-state index in [1.54, 1.807) is 24.3 Å². The van der Waals surface area contributed by atoms with Crippen molar-refractivity contribution in [2.45, 2.75) is 32.1 Å². The van der Waals surface area contributed by atoms with E-state index in [0.717, 1.165) is 16.2 Å². The molecule has 0 saturated carbocycles. The highest BCUT2D eigenvalue weighted by atomic mass is 35.5. The highest BCUT2D eigenvalue weighted by Crippen LogP contribution is 2.28. The van der Waals surface area contributed by atoms with Gasteiger partial charge in [0.1, 0.15) is 6.54 Å². The van der Waals surface area contributed by atoms with E-state index in [1.165, 1.54) is 0 Å². The van der Waals surface area contributed by atoms with Gasteiger partial charge in [-0.1, -0.05) is 30.7 Å². The smallest absolute Gasteiger partial charge is 0.348 e. The number of carbonyl (C=O) groups is 1. The van der Waals surface area contributed by atoms with E-state index in [1.807, 2.05) is 6.92 Å². The van der Waals surface area contributed by atoms with Crippen LogP contribution in [0, 0.1) is 0 Å². The minimum atomic E-state index is -4.58. The van der Waals surface area contributed by atoms with Crippen molar-refractivity contribution in [2.75, 3.05) is 0 Å². The lowest BCUT2D eigenvalue weighted by Gasteiger charge is -2.18. The zero-order valence-corrected chi connectivity index (χ0v) is 14.1. The van der Waals surface area contributed by atoms with Crippen LogP contribution in [0.3, 0.4) is 0 Å². The number of nitrogens with zero attached hydrogens (tertiary/aromatic N) is 1. The molecular weight excluding hydrogens is 357 g/mol. The number of hydrogen-bond donors (Lipinski definition) is 1. The highest BCUT2D eigenvalue weighted by Gasteiger charge is 2.31. The van der Waals surface area contributed by atoms with E-state index in [2.05, 4.69) is 5.32 Å². The molecule has 1 aromatic carbocycles. The second kappa shape index (κ2) is 7.74. The fraction of sp³-hybridized carbons (Fsp3) is 0.294. The molecule has 0 spiro atoms. The lowest BCUT2D eigenvalue weighted by molar-refractivity contribution is -0.138. The molecule has 8 heteroatoms. The van der Waals surface area contributed by atoms with Gasteiger partial charge in [-0.15, -0.1) is 0 Å². The molecule has 0 bridgehead atoms. The molecule has 134 valence electrons. The second-order valence-corrected chi connectivity index (χ2v) is 5.90. The van der Waals surface area contributed by atoms with E-state index in [0.29, 0.717) is 23.7 Å². The van der Waals surface area contributed by atoms with Crippen LogP contribution < -0.4 is 10.9 Å². The van der Waals surface area contributed by atoms with Gasteiger partial charge in [0, 0.05) is 17.3 Å². The van der Waals surface area contributed by atoms with Gasteiger partial charge in [0.15, 0.2) is 0 Å². The van der Waals surface area contributed by atoms with Crippen molar-refractivity contribution >= 4 is 17.5 Å². The Morgan fingerprint density at radius 3 is 2.40 bits per heavy atom. The topological polar surface area (TPSA) is 51.1 Å². The number of hydrogen-bond acceptors (Lipinski definition) is 2. The van der Waals surface area contributed by atoms with Crippen LogP contribution in [-0.4, -0.2) is 10.5 Å². The van der Waals surface area contributed by atoms with Crippen LogP contribution in [0.2, 0.25) is 5.02 Å². The Kier molecular flexibility index (Phi) is 5.89. The molecule has 0 fully saturated rings. The molecular formula is C17H16ClF3N2O2. The second-order valence-electron chi connectivity index (χ2n) is 5.46. The summed E-state index contributed by atoms with van der Waals surface area (Å²) < 4.78 is 38.9. The van der Waals surface area contributed by atoms with Crippen LogP contribution in [0.5, 0.6) is 0 Å². The first-order chi connectivity index (χ1) is 11.7. The van der Waals surface area contributed by atoms with E-state index in [9.17, 15) is 22.8 Å². The van der Waals surface area contributed by atoms with Crippen molar-refractivity contribution in [2.24, 2.45) is 0 Å². The van der Waals surface area contributed by atoms with Gasteiger partial charge < -0.3 is 9.88 Å². The summed E-state index contributed by atoms with van der Waals surface area (Å²) in [5.74, 6) is -0.553. The maximum absolute atomic E-state index is 12.7. The number of carbonyl (C=O) groups excluding carboxylic acids is 1. The van der Waals surface area contributed by atoms with Crippen LogP contribution in [-0.2, 0) is 17.5 Å². The summed E-state index contributed by atoms with van der Waals surface area (Å²) in [5, 5.41) is 3.27. The molecule has 1 aromatic heterocycles. The quantitative estimate of drug-likeness (QED) is 0.868. The van der Waals surface area contributed by atoms with E-state index in [-0.39, 0.29) is 6.04 Å². The van der Waals surface area contributed by atoms with E-state index in [4.69, 9.17) is 11.6 Å². The van der Waals surface area contributed by atoms with Gasteiger partial charge in [-0.3, -0.25) is 9.59 Å². The minimum absolute atomic E-state index is 0.328. The summed E-state index contributed by atoms with van der Waals surface area (Å²) in [6.07, 6.45) is -3.36. The molecule has 1 atom stereocenters. The van der Waals surface area contributed by atoms with E-state index >= 15 is 0 Å². The van der Waals surface area contributed by atoms with Gasteiger partial charge in [-0.2, -0.15) is 13.2 Å². The Morgan fingerprint density at radius 1 is 1.20 bits per heavy atom. The van der Waals surface area contributed by atoms with Gasteiger partial charge in [-0.05, 0) is 30.2 Å². The summed E-state index contributed by atoms with van der Waals surface area (Å²) in [6.45, 7) is 1.36. The lowest BCUT2D eigenvalue weighted by Crippen LogP contribution is -2.34. The Morgan fingerprint density at radius 2 is 1.84 bits per heavy atom. The molecule has 0 aliphatic carbocycles. The molecule has 0 aliphatic heterocycles. The third kappa shape index (κ3) is 5.09. The third-order valence-corrected chi connectivity index (χ3v) is 3.89. The molecule has 25 heavy (non-hydrogen) atoms. The maximum Gasteiger partial charge on any atom is 0.417 e. The van der Waals surface area contributed by atoms with Crippen LogP contribution >= 0.6 is 11.6 Å². The highest BCUT2D eigenvalue weighted by molar-refractivity contribution is 6.30. The number of nitrogens with one attached hydrogen (secondary N) is 1. The molecule has 1 unspecified atom stereocenters. The van der Waals surface area contributed by atoms with Crippen molar-refractivity contribution in [3.63, 3.8) is 0 Å². The number of amides is 1. The molecule has 0 aliphatic rings. The fourth-order valence-electron chi connectivity index (χ4n) is 2.33. The average molecular weight is 373 g/mol. The summed E-state index contributed by atoms with van der Waals surface area (Å²) in [5.41, 5.74) is -0.844. The Bertz CT molecular complexity index is 801. The monoisotopic (exact) mass is 372 g/mol. The van der Waals surface area contributed by atoms with Crippen LogP contribution in [0.25, 0.3) is 0 Å². The molecule has 0 radical (unpaired) electrons.